The summed E-state index contributed by atoms with van der Waals surface area (Å²) >= 11 is 0. The van der Waals surface area contributed by atoms with Crippen molar-refractivity contribution in [3.8, 4) is 0 Å². The molecule has 0 aromatic rings. The Labute approximate surface area is 90.1 Å². The van der Waals surface area contributed by atoms with Crippen LogP contribution in [0, 0.1) is 5.92 Å². The fourth-order valence-electron chi connectivity index (χ4n) is 1.16. The Kier molecular flexibility index (Phi) is 6.30. The maximum absolute atomic E-state index is 10.5. The molecule has 0 aliphatic rings. The van der Waals surface area contributed by atoms with E-state index in [1.165, 1.54) is 0 Å². The van der Waals surface area contributed by atoms with E-state index in [-0.39, 0.29) is 19.2 Å². The highest BCUT2D eigenvalue weighted by Crippen LogP contribution is 2.04. The Hall–Kier alpha value is -0.210. The van der Waals surface area contributed by atoms with Gasteiger partial charge >= 0.3 is 0 Å². The first-order valence-electron chi connectivity index (χ1n) is 4.76. The monoisotopic (exact) mass is 241 g/mol. The van der Waals surface area contributed by atoms with Crippen LogP contribution in [0.2, 0.25) is 0 Å². The van der Waals surface area contributed by atoms with E-state index in [2.05, 4.69) is 5.32 Å². The van der Waals surface area contributed by atoms with Crippen LogP contribution in [-0.2, 0) is 10.1 Å². The van der Waals surface area contributed by atoms with Crippen molar-refractivity contribution in [2.45, 2.75) is 31.7 Å². The summed E-state index contributed by atoms with van der Waals surface area (Å²) in [6.07, 6.45) is 0.661. The maximum Gasteiger partial charge on any atom is 0.293 e. The molecule has 0 fully saturated rings. The van der Waals surface area contributed by atoms with Gasteiger partial charge in [0.1, 0.15) is 0 Å². The molecule has 2 atom stereocenters. The van der Waals surface area contributed by atoms with Gasteiger partial charge in [0.25, 0.3) is 10.1 Å². The van der Waals surface area contributed by atoms with Gasteiger partial charge in [-0.3, -0.25) is 4.55 Å². The lowest BCUT2D eigenvalue weighted by Crippen LogP contribution is -2.41. The molecule has 0 aromatic heterocycles. The Morgan fingerprint density at radius 3 is 2.20 bits per heavy atom. The largest absolute Gasteiger partial charge is 0.395 e. The van der Waals surface area contributed by atoms with Crippen molar-refractivity contribution in [3.63, 3.8) is 0 Å². The molecule has 0 saturated heterocycles. The van der Waals surface area contributed by atoms with E-state index in [1.807, 2.05) is 13.8 Å². The lowest BCUT2D eigenvalue weighted by molar-refractivity contribution is 0.190. The zero-order chi connectivity index (χ0) is 12.1. The van der Waals surface area contributed by atoms with Crippen LogP contribution in [0.3, 0.4) is 0 Å². The van der Waals surface area contributed by atoms with E-state index < -0.39 is 15.6 Å². The average molecular weight is 241 g/mol. The smallest absolute Gasteiger partial charge is 0.293 e. The summed E-state index contributed by atoms with van der Waals surface area (Å²) in [6.45, 7) is 3.49. The summed E-state index contributed by atoms with van der Waals surface area (Å²) in [5, 5.41) is 20.6. The minimum Gasteiger partial charge on any atom is -0.395 e. The minimum atomic E-state index is -4.42. The highest BCUT2D eigenvalue weighted by molar-refractivity contribution is 7.86. The summed E-state index contributed by atoms with van der Waals surface area (Å²) in [5.41, 5.74) is -1.85. The molecular weight excluding hydrogens is 222 g/mol. The summed E-state index contributed by atoms with van der Waals surface area (Å²) in [7, 11) is -4.42. The summed E-state index contributed by atoms with van der Waals surface area (Å²) in [5.74, 6) is 0.345. The van der Waals surface area contributed by atoms with Crippen LogP contribution >= 0.6 is 0 Å². The topological polar surface area (TPSA) is 107 Å². The lowest BCUT2D eigenvalue weighted by atomic mass is 10.0. The van der Waals surface area contributed by atoms with Crippen molar-refractivity contribution in [2.75, 3.05) is 13.2 Å². The van der Waals surface area contributed by atoms with Crippen LogP contribution in [-0.4, -0.2) is 47.8 Å². The molecule has 0 bridgehead atoms. The normalized spacial score (nSPS) is 16.7. The Morgan fingerprint density at radius 2 is 1.87 bits per heavy atom. The van der Waals surface area contributed by atoms with E-state index in [9.17, 15) is 8.42 Å². The van der Waals surface area contributed by atoms with Crippen molar-refractivity contribution in [3.05, 3.63) is 0 Å². The molecule has 0 aliphatic carbocycles. The Morgan fingerprint density at radius 1 is 1.33 bits per heavy atom. The van der Waals surface area contributed by atoms with E-state index in [0.717, 1.165) is 0 Å². The molecule has 0 spiro atoms. The predicted octanol–water partition coefficient (Wildman–Crippen LogP) is -0.811. The molecule has 0 aromatic carbocycles. The Bertz CT molecular complexity index is 264. The highest BCUT2D eigenvalue weighted by atomic mass is 32.2. The molecule has 0 heterocycles. The number of aliphatic hydroxyl groups excluding tert-OH is 2. The van der Waals surface area contributed by atoms with Gasteiger partial charge in [0.2, 0.25) is 0 Å². The average Bonchev–Trinajstić information content (AvgIpc) is 2.09. The molecule has 0 aliphatic heterocycles. The fourth-order valence-corrected chi connectivity index (χ4v) is 1.47. The van der Waals surface area contributed by atoms with Gasteiger partial charge in [-0.15, -0.1) is 0 Å². The lowest BCUT2D eigenvalue weighted by Gasteiger charge is -2.19. The van der Waals surface area contributed by atoms with Gasteiger partial charge in [-0.25, -0.2) is 0 Å². The number of aliphatic hydroxyl groups is 2. The van der Waals surface area contributed by atoms with Crippen LogP contribution < -0.4 is 5.32 Å². The van der Waals surface area contributed by atoms with Crippen LogP contribution in [0.15, 0.2) is 0 Å². The van der Waals surface area contributed by atoms with Crippen LogP contribution in [0.4, 0.5) is 0 Å². The summed E-state index contributed by atoms with van der Waals surface area (Å²) in [4.78, 5) is 0. The SMILES string of the molecule is CC(C)CC(CO)NCC(O)S(=O)(=O)O. The molecular formula is C8H19NO5S. The quantitative estimate of drug-likeness (QED) is 0.434. The zero-order valence-electron chi connectivity index (χ0n) is 8.92. The molecule has 0 saturated carbocycles. The second kappa shape index (κ2) is 6.39. The van der Waals surface area contributed by atoms with Crippen molar-refractivity contribution < 1.29 is 23.2 Å². The number of nitrogens with one attached hydrogen (secondary N) is 1. The number of hydrogen-bond donors (Lipinski definition) is 4. The van der Waals surface area contributed by atoms with E-state index in [0.29, 0.717) is 12.3 Å². The molecule has 92 valence electrons. The van der Waals surface area contributed by atoms with Crippen LogP contribution in [0.1, 0.15) is 20.3 Å². The second-order valence-electron chi connectivity index (χ2n) is 3.89. The van der Waals surface area contributed by atoms with Crippen molar-refractivity contribution in [1.29, 1.82) is 0 Å². The Balaban J connectivity index is 4.01. The molecule has 0 rings (SSSR count). The van der Waals surface area contributed by atoms with E-state index >= 15 is 0 Å². The van der Waals surface area contributed by atoms with E-state index in [1.54, 1.807) is 0 Å². The minimum absolute atomic E-state index is 0.142. The van der Waals surface area contributed by atoms with Crippen molar-refractivity contribution >= 4 is 10.1 Å². The first kappa shape index (κ1) is 14.8. The molecule has 6 nitrogen and oxygen atoms in total. The van der Waals surface area contributed by atoms with Crippen molar-refractivity contribution in [1.82, 2.24) is 5.32 Å². The van der Waals surface area contributed by atoms with Crippen molar-refractivity contribution in [2.24, 2.45) is 5.92 Å². The first-order valence-corrected chi connectivity index (χ1v) is 6.26. The van der Waals surface area contributed by atoms with Gasteiger partial charge in [0, 0.05) is 12.6 Å². The third-order valence-electron chi connectivity index (χ3n) is 1.90. The second-order valence-corrected chi connectivity index (χ2v) is 5.46. The van der Waals surface area contributed by atoms with Gasteiger partial charge in [-0.05, 0) is 12.3 Å². The summed E-state index contributed by atoms with van der Waals surface area (Å²) in [6, 6.07) is -0.276. The summed E-state index contributed by atoms with van der Waals surface area (Å²) < 4.78 is 29.4. The predicted molar refractivity (Wildman–Crippen MR) is 55.9 cm³/mol. The van der Waals surface area contributed by atoms with Gasteiger partial charge in [-0.1, -0.05) is 13.8 Å². The molecule has 15 heavy (non-hydrogen) atoms. The van der Waals surface area contributed by atoms with Gasteiger partial charge in [-0.2, -0.15) is 8.42 Å². The maximum atomic E-state index is 10.5. The standard InChI is InChI=1S/C8H19NO5S/c1-6(2)3-7(5-10)9-4-8(11)15(12,13)14/h6-11H,3-5H2,1-2H3,(H,12,13,14). The number of rotatable bonds is 7. The van der Waals surface area contributed by atoms with Crippen LogP contribution in [0.5, 0.6) is 0 Å². The van der Waals surface area contributed by atoms with E-state index in [4.69, 9.17) is 14.8 Å². The third kappa shape index (κ3) is 6.80. The van der Waals surface area contributed by atoms with Crippen LogP contribution in [0.25, 0.3) is 0 Å². The van der Waals surface area contributed by atoms with Gasteiger partial charge in [0.05, 0.1) is 6.61 Å². The zero-order valence-corrected chi connectivity index (χ0v) is 9.74. The van der Waals surface area contributed by atoms with Gasteiger partial charge < -0.3 is 15.5 Å². The third-order valence-corrected chi connectivity index (χ3v) is 2.76. The molecule has 4 N–H and O–H groups in total. The molecule has 2 unspecified atom stereocenters. The number of hydrogen-bond acceptors (Lipinski definition) is 5. The fraction of sp³-hybridized carbons (Fsp3) is 1.00. The van der Waals surface area contributed by atoms with Gasteiger partial charge in [0.15, 0.2) is 5.44 Å². The highest BCUT2D eigenvalue weighted by Gasteiger charge is 2.20. The first-order chi connectivity index (χ1) is 6.77. The molecule has 0 amide bonds. The molecule has 7 heteroatoms. The molecule has 0 radical (unpaired) electrons.